The molecule has 0 aromatic heterocycles. The topological polar surface area (TPSA) is 41.1 Å². The Morgan fingerprint density at radius 3 is 2.30 bits per heavy atom. The number of hydrogen-bond donors (Lipinski definition) is 2. The molecule has 3 heteroatoms. The summed E-state index contributed by atoms with van der Waals surface area (Å²) in [5.41, 5.74) is 0.972. The quantitative estimate of drug-likeness (QED) is 0.804. The fourth-order valence-electron chi connectivity index (χ4n) is 2.40. The van der Waals surface area contributed by atoms with Gasteiger partial charge in [0.2, 0.25) is 5.91 Å². The van der Waals surface area contributed by atoms with E-state index in [2.05, 4.69) is 48.7 Å². The molecule has 0 radical (unpaired) electrons. The first-order chi connectivity index (χ1) is 9.38. The van der Waals surface area contributed by atoms with Crippen molar-refractivity contribution in [3.8, 4) is 0 Å². The van der Waals surface area contributed by atoms with E-state index in [1.54, 1.807) is 7.05 Å². The molecule has 20 heavy (non-hydrogen) atoms. The third kappa shape index (κ3) is 4.64. The highest BCUT2D eigenvalue weighted by molar-refractivity contribution is 5.81. The van der Waals surface area contributed by atoms with E-state index in [4.69, 9.17) is 0 Å². The van der Waals surface area contributed by atoms with Gasteiger partial charge in [-0.1, -0.05) is 44.2 Å². The molecule has 112 valence electrons. The summed E-state index contributed by atoms with van der Waals surface area (Å²) in [5.74, 6) is 1.11. The molecule has 3 nitrogen and oxygen atoms in total. The molecule has 0 aliphatic rings. The highest BCUT2D eigenvalue weighted by Gasteiger charge is 2.26. The first kappa shape index (κ1) is 16.7. The predicted octanol–water partition coefficient (Wildman–Crippen LogP) is 2.79. The summed E-state index contributed by atoms with van der Waals surface area (Å²) in [7, 11) is 1.69. The number of benzene rings is 1. The lowest BCUT2D eigenvalue weighted by Crippen LogP contribution is -2.43. The predicted molar refractivity (Wildman–Crippen MR) is 84.7 cm³/mol. The van der Waals surface area contributed by atoms with Gasteiger partial charge in [0.05, 0.1) is 5.41 Å². The van der Waals surface area contributed by atoms with Crippen LogP contribution in [-0.2, 0) is 4.79 Å². The maximum atomic E-state index is 11.8. The van der Waals surface area contributed by atoms with Crippen molar-refractivity contribution < 1.29 is 4.79 Å². The maximum Gasteiger partial charge on any atom is 0.226 e. The zero-order valence-corrected chi connectivity index (χ0v) is 13.4. The van der Waals surface area contributed by atoms with E-state index in [-0.39, 0.29) is 11.3 Å². The van der Waals surface area contributed by atoms with Gasteiger partial charge in [0, 0.05) is 20.1 Å². The Balaban J connectivity index is 2.59. The standard InChI is InChI=1S/C17H28N2O/c1-13(2)15(14-9-7-6-8-10-14)11-19-12-17(3,4)16(20)18-5/h6-10,13,15,19H,11-12H2,1-5H3,(H,18,20). The van der Waals surface area contributed by atoms with Crippen LogP contribution in [-0.4, -0.2) is 26.0 Å². The molecule has 0 heterocycles. The van der Waals surface area contributed by atoms with Crippen LogP contribution in [0.1, 0.15) is 39.2 Å². The lowest BCUT2D eigenvalue weighted by molar-refractivity contribution is -0.128. The Morgan fingerprint density at radius 2 is 1.80 bits per heavy atom. The van der Waals surface area contributed by atoms with Crippen LogP contribution in [0, 0.1) is 11.3 Å². The number of rotatable bonds is 7. The van der Waals surface area contributed by atoms with E-state index >= 15 is 0 Å². The van der Waals surface area contributed by atoms with Crippen molar-refractivity contribution in [1.82, 2.24) is 10.6 Å². The summed E-state index contributed by atoms with van der Waals surface area (Å²) in [6.45, 7) is 9.98. The van der Waals surface area contributed by atoms with Crippen LogP contribution in [0.2, 0.25) is 0 Å². The Labute approximate surface area is 123 Å². The van der Waals surface area contributed by atoms with Crippen molar-refractivity contribution in [3.63, 3.8) is 0 Å². The summed E-state index contributed by atoms with van der Waals surface area (Å²) in [6.07, 6.45) is 0. The van der Waals surface area contributed by atoms with Gasteiger partial charge in [0.15, 0.2) is 0 Å². The van der Waals surface area contributed by atoms with Crippen LogP contribution >= 0.6 is 0 Å². The van der Waals surface area contributed by atoms with Crippen molar-refractivity contribution in [2.45, 2.75) is 33.6 Å². The molecule has 0 saturated carbocycles. The molecule has 1 atom stereocenters. The minimum Gasteiger partial charge on any atom is -0.359 e. The normalized spacial score (nSPS) is 13.3. The number of hydrogen-bond acceptors (Lipinski definition) is 2. The maximum absolute atomic E-state index is 11.8. The Hall–Kier alpha value is -1.35. The van der Waals surface area contributed by atoms with Gasteiger partial charge in [-0.25, -0.2) is 0 Å². The fourth-order valence-corrected chi connectivity index (χ4v) is 2.40. The SMILES string of the molecule is CNC(=O)C(C)(C)CNCC(c1ccccc1)C(C)C. The van der Waals surface area contributed by atoms with Gasteiger partial charge < -0.3 is 10.6 Å². The third-order valence-corrected chi connectivity index (χ3v) is 3.81. The zero-order chi connectivity index (χ0) is 15.2. The van der Waals surface area contributed by atoms with Crippen LogP contribution in [0.4, 0.5) is 0 Å². The van der Waals surface area contributed by atoms with Gasteiger partial charge in [0.1, 0.15) is 0 Å². The second kappa shape index (κ2) is 7.44. The molecule has 0 aliphatic carbocycles. The number of amides is 1. The van der Waals surface area contributed by atoms with Crippen LogP contribution in [0.5, 0.6) is 0 Å². The lowest BCUT2D eigenvalue weighted by Gasteiger charge is -2.26. The summed E-state index contributed by atoms with van der Waals surface area (Å²) in [4.78, 5) is 11.8. The first-order valence-electron chi connectivity index (χ1n) is 7.36. The second-order valence-electron chi connectivity index (χ2n) is 6.36. The van der Waals surface area contributed by atoms with Crippen molar-refractivity contribution in [1.29, 1.82) is 0 Å². The molecule has 1 amide bonds. The molecule has 0 spiro atoms. The third-order valence-electron chi connectivity index (χ3n) is 3.81. The number of carbonyl (C=O) groups is 1. The van der Waals surface area contributed by atoms with Gasteiger partial charge in [0.25, 0.3) is 0 Å². The molecular formula is C17H28N2O. The highest BCUT2D eigenvalue weighted by Crippen LogP contribution is 2.24. The van der Waals surface area contributed by atoms with Crippen molar-refractivity contribution in [3.05, 3.63) is 35.9 Å². The average Bonchev–Trinajstić information content (AvgIpc) is 2.43. The van der Waals surface area contributed by atoms with E-state index in [1.807, 2.05) is 19.9 Å². The van der Waals surface area contributed by atoms with Crippen LogP contribution in [0.15, 0.2) is 30.3 Å². The van der Waals surface area contributed by atoms with Gasteiger partial charge in [-0.3, -0.25) is 4.79 Å². The monoisotopic (exact) mass is 276 g/mol. The highest BCUT2D eigenvalue weighted by atomic mass is 16.2. The Kier molecular flexibility index (Phi) is 6.21. The minimum atomic E-state index is -0.382. The van der Waals surface area contributed by atoms with E-state index in [9.17, 15) is 4.79 Å². The van der Waals surface area contributed by atoms with Gasteiger partial charge >= 0.3 is 0 Å². The van der Waals surface area contributed by atoms with E-state index in [1.165, 1.54) is 5.56 Å². The molecule has 1 rings (SSSR count). The van der Waals surface area contributed by atoms with E-state index < -0.39 is 0 Å². The van der Waals surface area contributed by atoms with Gasteiger partial charge in [-0.15, -0.1) is 0 Å². The Bertz CT molecular complexity index is 412. The van der Waals surface area contributed by atoms with Crippen LogP contribution < -0.4 is 10.6 Å². The van der Waals surface area contributed by atoms with Crippen molar-refractivity contribution >= 4 is 5.91 Å². The summed E-state index contributed by atoms with van der Waals surface area (Å²) < 4.78 is 0. The summed E-state index contributed by atoms with van der Waals surface area (Å²) >= 11 is 0. The van der Waals surface area contributed by atoms with Crippen LogP contribution in [0.3, 0.4) is 0 Å². The van der Waals surface area contributed by atoms with Crippen LogP contribution in [0.25, 0.3) is 0 Å². The minimum absolute atomic E-state index is 0.0748. The second-order valence-corrected chi connectivity index (χ2v) is 6.36. The average molecular weight is 276 g/mol. The van der Waals surface area contributed by atoms with Crippen molar-refractivity contribution in [2.75, 3.05) is 20.1 Å². The van der Waals surface area contributed by atoms with Crippen molar-refractivity contribution in [2.24, 2.45) is 11.3 Å². The number of carbonyl (C=O) groups excluding carboxylic acids is 1. The smallest absolute Gasteiger partial charge is 0.226 e. The van der Waals surface area contributed by atoms with Gasteiger partial charge in [-0.2, -0.15) is 0 Å². The summed E-state index contributed by atoms with van der Waals surface area (Å²) in [6, 6.07) is 10.6. The molecule has 0 fully saturated rings. The molecule has 1 aromatic carbocycles. The molecule has 0 bridgehead atoms. The molecule has 1 aromatic rings. The van der Waals surface area contributed by atoms with E-state index in [0.29, 0.717) is 18.4 Å². The molecule has 2 N–H and O–H groups in total. The Morgan fingerprint density at radius 1 is 1.20 bits per heavy atom. The summed E-state index contributed by atoms with van der Waals surface area (Å²) in [5, 5.41) is 6.18. The first-order valence-corrected chi connectivity index (χ1v) is 7.36. The largest absolute Gasteiger partial charge is 0.359 e. The fraction of sp³-hybridized carbons (Fsp3) is 0.588. The van der Waals surface area contributed by atoms with Gasteiger partial charge in [-0.05, 0) is 31.2 Å². The molecular weight excluding hydrogens is 248 g/mol. The zero-order valence-electron chi connectivity index (χ0n) is 13.4. The lowest BCUT2D eigenvalue weighted by atomic mass is 9.87. The molecule has 0 saturated heterocycles. The molecule has 0 aliphatic heterocycles. The number of nitrogens with one attached hydrogen (secondary N) is 2. The molecule has 1 unspecified atom stereocenters. The van der Waals surface area contributed by atoms with E-state index in [0.717, 1.165) is 6.54 Å².